The summed E-state index contributed by atoms with van der Waals surface area (Å²) in [6, 6.07) is 2.64. The van der Waals surface area contributed by atoms with Crippen LogP contribution in [0.3, 0.4) is 0 Å². The van der Waals surface area contributed by atoms with E-state index in [-0.39, 0.29) is 0 Å². The van der Waals surface area contributed by atoms with Gasteiger partial charge in [0.2, 0.25) is 5.91 Å². The fraction of sp³-hybridized carbons (Fsp3) is 0.588. The number of likely N-dealkylation sites (tertiary alicyclic amines) is 1. The zero-order valence-electron chi connectivity index (χ0n) is 13.8. The van der Waals surface area contributed by atoms with E-state index >= 15 is 0 Å². The number of amides is 1. The van der Waals surface area contributed by atoms with Gasteiger partial charge in [-0.1, -0.05) is 0 Å². The van der Waals surface area contributed by atoms with Crippen LogP contribution in [0.15, 0.2) is 24.1 Å². The zero-order chi connectivity index (χ0) is 16.4. The largest absolute Gasteiger partial charge is 0.338 e. The first-order chi connectivity index (χ1) is 11.8. The van der Waals surface area contributed by atoms with Gasteiger partial charge in [-0.3, -0.25) is 14.4 Å². The highest BCUT2D eigenvalue weighted by molar-refractivity contribution is 7.10. The number of nitrogens with zero attached hydrogens (tertiary/aromatic N) is 5. The van der Waals surface area contributed by atoms with Crippen LogP contribution in [0.25, 0.3) is 0 Å². The zero-order valence-corrected chi connectivity index (χ0v) is 14.6. The van der Waals surface area contributed by atoms with Gasteiger partial charge in [0.25, 0.3) is 0 Å². The molecule has 0 N–H and O–H groups in total. The van der Waals surface area contributed by atoms with Gasteiger partial charge >= 0.3 is 0 Å². The van der Waals surface area contributed by atoms with E-state index in [0.717, 1.165) is 39.1 Å². The molecule has 0 radical (unpaired) electrons. The lowest BCUT2D eigenvalue weighted by Crippen LogP contribution is -2.39. The average molecular weight is 345 g/mol. The molecule has 4 heterocycles. The van der Waals surface area contributed by atoms with Gasteiger partial charge in [-0.05, 0) is 42.8 Å². The summed E-state index contributed by atoms with van der Waals surface area (Å²) in [5, 5.41) is 6.34. The van der Waals surface area contributed by atoms with Crippen molar-refractivity contribution in [3.8, 4) is 0 Å². The molecular formula is C17H23N5OS. The highest BCUT2D eigenvalue weighted by atomic mass is 32.1. The lowest BCUT2D eigenvalue weighted by Gasteiger charge is -2.29. The molecule has 1 atom stereocenters. The molecule has 1 fully saturated rings. The van der Waals surface area contributed by atoms with E-state index in [1.807, 2.05) is 20.9 Å². The molecule has 0 spiro atoms. The fourth-order valence-electron chi connectivity index (χ4n) is 3.80. The third kappa shape index (κ3) is 3.37. The quantitative estimate of drug-likeness (QED) is 0.829. The van der Waals surface area contributed by atoms with Crippen LogP contribution in [-0.2, 0) is 24.3 Å². The molecule has 2 aromatic heterocycles. The average Bonchev–Trinajstić information content (AvgIpc) is 3.34. The third-order valence-electron chi connectivity index (χ3n) is 5.14. The van der Waals surface area contributed by atoms with Crippen molar-refractivity contribution in [1.29, 1.82) is 0 Å². The Morgan fingerprint density at radius 2 is 2.33 bits per heavy atom. The Labute approximate surface area is 146 Å². The van der Waals surface area contributed by atoms with Crippen LogP contribution < -0.4 is 0 Å². The minimum atomic E-state index is 0.290. The predicted molar refractivity (Wildman–Crippen MR) is 92.7 cm³/mol. The lowest BCUT2D eigenvalue weighted by molar-refractivity contribution is -0.132. The molecule has 24 heavy (non-hydrogen) atoms. The van der Waals surface area contributed by atoms with Crippen molar-refractivity contribution >= 4 is 17.2 Å². The maximum Gasteiger partial charge on any atom is 0.224 e. The molecule has 2 aromatic rings. The summed E-state index contributed by atoms with van der Waals surface area (Å²) in [6.07, 6.45) is 7.36. The topological polar surface area (TPSA) is 54.3 Å². The molecule has 4 rings (SSSR count). The summed E-state index contributed by atoms with van der Waals surface area (Å²) < 4.78 is 1.90. The van der Waals surface area contributed by atoms with Crippen molar-refractivity contribution in [1.82, 2.24) is 24.6 Å². The summed E-state index contributed by atoms with van der Waals surface area (Å²) in [5.74, 6) is 0.290. The van der Waals surface area contributed by atoms with Crippen molar-refractivity contribution in [2.45, 2.75) is 44.8 Å². The normalized spacial score (nSPS) is 21.2. The summed E-state index contributed by atoms with van der Waals surface area (Å²) in [6.45, 7) is 4.47. The maximum atomic E-state index is 12.6. The minimum Gasteiger partial charge on any atom is -0.338 e. The lowest BCUT2D eigenvalue weighted by atomic mass is 10.1. The van der Waals surface area contributed by atoms with Gasteiger partial charge in [0.1, 0.15) is 12.7 Å². The van der Waals surface area contributed by atoms with Gasteiger partial charge in [-0.15, -0.1) is 11.3 Å². The fourth-order valence-corrected chi connectivity index (χ4v) is 4.69. The Kier molecular flexibility index (Phi) is 4.62. The smallest absolute Gasteiger partial charge is 0.224 e. The van der Waals surface area contributed by atoms with Crippen molar-refractivity contribution in [2.75, 3.05) is 19.6 Å². The van der Waals surface area contributed by atoms with Crippen LogP contribution >= 0.6 is 11.3 Å². The van der Waals surface area contributed by atoms with Crippen LogP contribution in [0, 0.1) is 0 Å². The van der Waals surface area contributed by atoms with Crippen LogP contribution in [-0.4, -0.2) is 56.1 Å². The molecule has 0 unspecified atom stereocenters. The first kappa shape index (κ1) is 15.8. The second-order valence-electron chi connectivity index (χ2n) is 6.63. The Morgan fingerprint density at radius 3 is 3.21 bits per heavy atom. The van der Waals surface area contributed by atoms with Crippen LogP contribution in [0.4, 0.5) is 0 Å². The maximum absolute atomic E-state index is 12.6. The van der Waals surface area contributed by atoms with Crippen LogP contribution in [0.2, 0.25) is 0 Å². The van der Waals surface area contributed by atoms with Gasteiger partial charge in [0.15, 0.2) is 0 Å². The molecule has 0 saturated carbocycles. The predicted octanol–water partition coefficient (Wildman–Crippen LogP) is 1.78. The van der Waals surface area contributed by atoms with Crippen molar-refractivity contribution in [2.24, 2.45) is 0 Å². The Balaban J connectivity index is 1.29. The molecule has 0 bridgehead atoms. The summed E-state index contributed by atoms with van der Waals surface area (Å²) in [5.41, 5.74) is 1.34. The molecule has 1 amide bonds. The SMILES string of the molecule is O=C(CCN1CCC[C@@H]1Cn1cncn1)N1CCc2sccc2C1. The van der Waals surface area contributed by atoms with E-state index in [1.165, 1.54) is 23.3 Å². The van der Waals surface area contributed by atoms with Crippen molar-refractivity contribution < 1.29 is 4.79 Å². The van der Waals surface area contributed by atoms with E-state index in [1.54, 1.807) is 12.7 Å². The Bertz CT molecular complexity index is 683. The third-order valence-corrected chi connectivity index (χ3v) is 6.16. The Hall–Kier alpha value is -1.73. The summed E-state index contributed by atoms with van der Waals surface area (Å²) in [7, 11) is 0. The molecule has 128 valence electrons. The van der Waals surface area contributed by atoms with E-state index < -0.39 is 0 Å². The van der Waals surface area contributed by atoms with Gasteiger partial charge in [-0.25, -0.2) is 4.98 Å². The number of carbonyl (C=O) groups is 1. The van der Waals surface area contributed by atoms with Crippen molar-refractivity contribution in [3.63, 3.8) is 0 Å². The number of hydrogen-bond donors (Lipinski definition) is 0. The molecule has 7 heteroatoms. The van der Waals surface area contributed by atoms with E-state index in [0.29, 0.717) is 18.4 Å². The van der Waals surface area contributed by atoms with Gasteiger partial charge < -0.3 is 4.90 Å². The summed E-state index contributed by atoms with van der Waals surface area (Å²) >= 11 is 1.82. The highest BCUT2D eigenvalue weighted by Gasteiger charge is 2.27. The number of thiophene rings is 1. The minimum absolute atomic E-state index is 0.290. The van der Waals surface area contributed by atoms with Crippen LogP contribution in [0.5, 0.6) is 0 Å². The summed E-state index contributed by atoms with van der Waals surface area (Å²) in [4.78, 5) is 22.5. The second-order valence-corrected chi connectivity index (χ2v) is 7.63. The molecule has 1 saturated heterocycles. The van der Waals surface area contributed by atoms with Crippen LogP contribution in [0.1, 0.15) is 29.7 Å². The van der Waals surface area contributed by atoms with E-state index in [9.17, 15) is 4.79 Å². The number of fused-ring (bicyclic) bond motifs is 1. The van der Waals surface area contributed by atoms with E-state index in [4.69, 9.17) is 0 Å². The highest BCUT2D eigenvalue weighted by Crippen LogP contribution is 2.25. The number of rotatable bonds is 5. The molecular weight excluding hydrogens is 322 g/mol. The first-order valence-corrected chi connectivity index (χ1v) is 9.57. The van der Waals surface area contributed by atoms with E-state index in [2.05, 4.69) is 26.4 Å². The molecule has 2 aliphatic rings. The number of aromatic nitrogens is 3. The molecule has 6 nitrogen and oxygen atoms in total. The van der Waals surface area contributed by atoms with Gasteiger partial charge in [0.05, 0.1) is 6.54 Å². The molecule has 0 aromatic carbocycles. The standard InChI is InChI=1S/C17H23N5OS/c23-17(21-7-3-16-14(10-21)5-9-24-16)4-8-20-6-1-2-15(20)11-22-13-18-12-19-22/h5,9,12-13,15H,1-4,6-8,10-11H2/t15-/m1/s1. The second kappa shape index (κ2) is 7.03. The molecule has 0 aliphatic carbocycles. The van der Waals surface area contributed by atoms with Gasteiger partial charge in [-0.2, -0.15) is 5.10 Å². The van der Waals surface area contributed by atoms with Crippen molar-refractivity contribution in [3.05, 3.63) is 34.5 Å². The first-order valence-electron chi connectivity index (χ1n) is 8.69. The van der Waals surface area contributed by atoms with Gasteiger partial charge in [0, 0.05) is 37.0 Å². The Morgan fingerprint density at radius 1 is 1.38 bits per heavy atom. The monoisotopic (exact) mass is 345 g/mol. The number of hydrogen-bond acceptors (Lipinski definition) is 5. The number of carbonyl (C=O) groups excluding carboxylic acids is 1. The molecule has 2 aliphatic heterocycles.